The number of rotatable bonds is 4. The molecule has 3 aromatic carbocycles. The van der Waals surface area contributed by atoms with Crippen molar-refractivity contribution in [3.05, 3.63) is 107 Å². The fraction of sp³-hybridized carbons (Fsp3) is 0.148. The van der Waals surface area contributed by atoms with Gasteiger partial charge in [-0.15, -0.1) is 0 Å². The Labute approximate surface area is 186 Å². The summed E-state index contributed by atoms with van der Waals surface area (Å²) < 4.78 is 0. The number of amides is 1. The predicted octanol–water partition coefficient (Wildman–Crippen LogP) is 4.19. The molecule has 1 N–H and O–H groups in total. The minimum absolute atomic E-state index is 0.194. The fourth-order valence-electron chi connectivity index (χ4n) is 4.41. The molecule has 0 spiro atoms. The van der Waals surface area contributed by atoms with Gasteiger partial charge in [0.1, 0.15) is 0 Å². The molecule has 0 fully saturated rings. The van der Waals surface area contributed by atoms with E-state index in [1.54, 1.807) is 42.5 Å². The maximum absolute atomic E-state index is 13.1. The Hall–Kier alpha value is -3.83. The molecule has 2 aliphatic rings. The summed E-state index contributed by atoms with van der Waals surface area (Å²) >= 11 is 0. The first-order chi connectivity index (χ1) is 15.6. The highest BCUT2D eigenvalue weighted by Crippen LogP contribution is 2.32. The third-order valence-electron chi connectivity index (χ3n) is 6.03. The van der Waals surface area contributed by atoms with Crippen LogP contribution in [0.25, 0.3) is 5.57 Å². The molecule has 0 saturated carbocycles. The number of carbonyl (C=O) groups excluding carboxylic acids is 3. The monoisotopic (exact) mass is 422 g/mol. The molecule has 32 heavy (non-hydrogen) atoms. The van der Waals surface area contributed by atoms with Gasteiger partial charge in [0.15, 0.2) is 11.6 Å². The van der Waals surface area contributed by atoms with Crippen LogP contribution in [-0.4, -0.2) is 42.0 Å². The molecule has 3 aromatic rings. The van der Waals surface area contributed by atoms with Gasteiger partial charge >= 0.3 is 0 Å². The van der Waals surface area contributed by atoms with Gasteiger partial charge in [-0.3, -0.25) is 19.3 Å². The average Bonchev–Trinajstić information content (AvgIpc) is 2.83. The quantitative estimate of drug-likeness (QED) is 0.536. The first kappa shape index (κ1) is 20.1. The summed E-state index contributed by atoms with van der Waals surface area (Å²) in [6, 6.07) is 22.1. The van der Waals surface area contributed by atoms with Crippen molar-refractivity contribution in [2.24, 2.45) is 0 Å². The van der Waals surface area contributed by atoms with Gasteiger partial charge in [-0.05, 0) is 23.6 Å². The lowest BCUT2D eigenvalue weighted by Gasteiger charge is -2.26. The molecular formula is C27H22N2O3. The van der Waals surface area contributed by atoms with Crippen LogP contribution in [0.5, 0.6) is 0 Å². The van der Waals surface area contributed by atoms with E-state index in [4.69, 9.17) is 0 Å². The van der Waals surface area contributed by atoms with E-state index in [0.29, 0.717) is 28.9 Å². The highest BCUT2D eigenvalue weighted by molar-refractivity contribution is 6.30. The number of ketones is 2. The minimum atomic E-state index is -0.237. The van der Waals surface area contributed by atoms with Crippen LogP contribution in [0, 0.1) is 0 Å². The number of nitrogens with zero attached hydrogens (tertiary/aromatic N) is 1. The average molecular weight is 422 g/mol. The largest absolute Gasteiger partial charge is 0.324 e. The standard InChI is InChI=1S/C27H22N2O3/c30-24(17-29-15-13-19(14-16-29)18-7-2-1-3-8-18)28-23-12-6-11-22-25(23)27(32)21-10-5-4-9-20(21)26(22)31/h1-13H,14-17H2,(H,28,30). The molecule has 0 atom stereocenters. The maximum Gasteiger partial charge on any atom is 0.238 e. The van der Waals surface area contributed by atoms with Crippen LogP contribution >= 0.6 is 0 Å². The normalized spacial score (nSPS) is 15.6. The Morgan fingerprint density at radius 1 is 0.812 bits per heavy atom. The summed E-state index contributed by atoms with van der Waals surface area (Å²) in [5.41, 5.74) is 4.29. The van der Waals surface area contributed by atoms with Crippen LogP contribution in [0.4, 0.5) is 5.69 Å². The Morgan fingerprint density at radius 2 is 1.50 bits per heavy atom. The third-order valence-corrected chi connectivity index (χ3v) is 6.03. The summed E-state index contributed by atoms with van der Waals surface area (Å²) in [6.45, 7) is 1.70. The summed E-state index contributed by atoms with van der Waals surface area (Å²) in [5.74, 6) is -0.630. The zero-order chi connectivity index (χ0) is 22.1. The number of hydrogen-bond donors (Lipinski definition) is 1. The van der Waals surface area contributed by atoms with Crippen LogP contribution < -0.4 is 5.32 Å². The lowest BCUT2D eigenvalue weighted by molar-refractivity contribution is -0.117. The molecule has 0 bridgehead atoms. The fourth-order valence-corrected chi connectivity index (χ4v) is 4.41. The van der Waals surface area contributed by atoms with Gasteiger partial charge < -0.3 is 5.32 Å². The zero-order valence-corrected chi connectivity index (χ0v) is 17.5. The van der Waals surface area contributed by atoms with E-state index in [0.717, 1.165) is 13.0 Å². The molecule has 5 nitrogen and oxygen atoms in total. The predicted molar refractivity (Wildman–Crippen MR) is 124 cm³/mol. The van der Waals surface area contributed by atoms with Crippen LogP contribution in [-0.2, 0) is 4.79 Å². The molecule has 0 radical (unpaired) electrons. The summed E-state index contributed by atoms with van der Waals surface area (Å²) in [7, 11) is 0. The van der Waals surface area contributed by atoms with Crippen molar-refractivity contribution in [1.29, 1.82) is 0 Å². The van der Waals surface area contributed by atoms with Crippen LogP contribution in [0.2, 0.25) is 0 Å². The van der Waals surface area contributed by atoms with Gasteiger partial charge in [0.25, 0.3) is 0 Å². The van der Waals surface area contributed by atoms with E-state index in [2.05, 4.69) is 28.4 Å². The molecule has 5 heteroatoms. The summed E-state index contributed by atoms with van der Waals surface area (Å²) in [4.78, 5) is 40.8. The Bertz CT molecular complexity index is 1260. The molecule has 0 saturated heterocycles. The van der Waals surface area contributed by atoms with Gasteiger partial charge in [0, 0.05) is 29.8 Å². The van der Waals surface area contributed by atoms with Gasteiger partial charge in [-0.25, -0.2) is 0 Å². The van der Waals surface area contributed by atoms with E-state index in [1.165, 1.54) is 11.1 Å². The molecule has 0 aromatic heterocycles. The van der Waals surface area contributed by atoms with Gasteiger partial charge in [-0.1, -0.05) is 72.8 Å². The molecule has 1 aliphatic heterocycles. The minimum Gasteiger partial charge on any atom is -0.324 e. The molecule has 5 rings (SSSR count). The molecule has 0 unspecified atom stereocenters. The first-order valence-corrected chi connectivity index (χ1v) is 10.7. The van der Waals surface area contributed by atoms with Crippen LogP contribution in [0.15, 0.2) is 78.9 Å². The van der Waals surface area contributed by atoms with Gasteiger partial charge in [0.05, 0.1) is 17.8 Å². The molecule has 1 aliphatic carbocycles. The van der Waals surface area contributed by atoms with Gasteiger partial charge in [0.2, 0.25) is 5.91 Å². The Balaban J connectivity index is 1.31. The van der Waals surface area contributed by atoms with Crippen molar-refractivity contribution in [2.75, 3.05) is 25.0 Å². The molecule has 1 heterocycles. The molecule has 158 valence electrons. The highest BCUT2D eigenvalue weighted by atomic mass is 16.2. The lowest BCUT2D eigenvalue weighted by Crippen LogP contribution is -2.36. The van der Waals surface area contributed by atoms with Crippen molar-refractivity contribution in [3.63, 3.8) is 0 Å². The van der Waals surface area contributed by atoms with Crippen molar-refractivity contribution in [1.82, 2.24) is 4.90 Å². The number of nitrogens with one attached hydrogen (secondary N) is 1. The highest BCUT2D eigenvalue weighted by Gasteiger charge is 2.31. The second-order valence-corrected chi connectivity index (χ2v) is 8.06. The van der Waals surface area contributed by atoms with E-state index in [-0.39, 0.29) is 29.6 Å². The number of anilines is 1. The number of hydrogen-bond acceptors (Lipinski definition) is 4. The first-order valence-electron chi connectivity index (χ1n) is 10.7. The molecule has 1 amide bonds. The van der Waals surface area contributed by atoms with E-state index in [9.17, 15) is 14.4 Å². The lowest BCUT2D eigenvalue weighted by atomic mass is 9.83. The number of fused-ring (bicyclic) bond motifs is 2. The maximum atomic E-state index is 13.1. The smallest absolute Gasteiger partial charge is 0.238 e. The summed E-state index contributed by atoms with van der Waals surface area (Å²) in [6.07, 6.45) is 3.04. The van der Waals surface area contributed by atoms with E-state index in [1.807, 2.05) is 18.2 Å². The van der Waals surface area contributed by atoms with Crippen molar-refractivity contribution in [3.8, 4) is 0 Å². The summed E-state index contributed by atoms with van der Waals surface area (Å²) in [5, 5.41) is 2.87. The van der Waals surface area contributed by atoms with Crippen LogP contribution in [0.3, 0.4) is 0 Å². The number of carbonyl (C=O) groups is 3. The molecular weight excluding hydrogens is 400 g/mol. The van der Waals surface area contributed by atoms with Crippen molar-refractivity contribution >= 4 is 28.7 Å². The van der Waals surface area contributed by atoms with Crippen molar-refractivity contribution in [2.45, 2.75) is 6.42 Å². The Morgan fingerprint density at radius 3 is 2.22 bits per heavy atom. The van der Waals surface area contributed by atoms with E-state index >= 15 is 0 Å². The van der Waals surface area contributed by atoms with Crippen LogP contribution in [0.1, 0.15) is 43.8 Å². The van der Waals surface area contributed by atoms with E-state index < -0.39 is 0 Å². The second kappa shape index (κ2) is 8.36. The third kappa shape index (κ3) is 3.67. The SMILES string of the molecule is O=C(CN1CC=C(c2ccccc2)CC1)Nc1cccc2c1C(=O)c1ccccc1C2=O. The zero-order valence-electron chi connectivity index (χ0n) is 17.5. The topological polar surface area (TPSA) is 66.5 Å². The number of benzene rings is 3. The van der Waals surface area contributed by atoms with Gasteiger partial charge in [-0.2, -0.15) is 0 Å². The Kier molecular flexibility index (Phi) is 5.25. The second-order valence-electron chi connectivity index (χ2n) is 8.06. The van der Waals surface area contributed by atoms with Crippen molar-refractivity contribution < 1.29 is 14.4 Å².